The first-order valence-electron chi connectivity index (χ1n) is 5.08. The molecule has 1 aliphatic rings. The van der Waals surface area contributed by atoms with Crippen molar-refractivity contribution < 1.29 is 14.3 Å². The van der Waals surface area contributed by atoms with Crippen molar-refractivity contribution in [1.29, 1.82) is 0 Å². The molecule has 0 amide bonds. The molecule has 0 aromatic rings. The molecule has 4 heteroatoms. The molecule has 0 unspecified atom stereocenters. The molecule has 1 rings (SSSR count). The van der Waals surface area contributed by atoms with Crippen LogP contribution in [0.2, 0.25) is 0 Å². The number of allylic oxidation sites excluding steroid dienone is 5. The first kappa shape index (κ1) is 12.7. The average molecular weight is 241 g/mol. The van der Waals surface area contributed by atoms with Crippen molar-refractivity contribution in [2.45, 2.75) is 19.8 Å². The standard InChI is InChI=1S/C12H13ClO3/c1-2-7-16-12(15)10-6-4-3-5-9(8-10)11(13)14/h3-6H,2,7-8H2,1H3. The van der Waals surface area contributed by atoms with Crippen LogP contribution in [0.5, 0.6) is 0 Å². The maximum atomic E-state index is 11.6. The van der Waals surface area contributed by atoms with E-state index in [2.05, 4.69) is 0 Å². The summed E-state index contributed by atoms with van der Waals surface area (Å²) >= 11 is 5.38. The molecule has 0 aliphatic heterocycles. The van der Waals surface area contributed by atoms with Crippen LogP contribution in [0.4, 0.5) is 0 Å². The Morgan fingerprint density at radius 3 is 2.50 bits per heavy atom. The maximum absolute atomic E-state index is 11.6. The van der Waals surface area contributed by atoms with Gasteiger partial charge in [-0.05, 0) is 18.0 Å². The van der Waals surface area contributed by atoms with Crippen LogP contribution < -0.4 is 0 Å². The first-order valence-corrected chi connectivity index (χ1v) is 5.46. The molecule has 0 radical (unpaired) electrons. The molecule has 0 saturated heterocycles. The van der Waals surface area contributed by atoms with Crippen LogP contribution in [0.15, 0.2) is 35.5 Å². The van der Waals surface area contributed by atoms with Crippen LogP contribution in [0, 0.1) is 0 Å². The lowest BCUT2D eigenvalue weighted by molar-refractivity contribution is -0.139. The quantitative estimate of drug-likeness (QED) is 0.560. The minimum atomic E-state index is -0.541. The van der Waals surface area contributed by atoms with Crippen molar-refractivity contribution in [1.82, 2.24) is 0 Å². The normalized spacial score (nSPS) is 14.9. The average Bonchev–Trinajstić information content (AvgIpc) is 2.51. The minimum Gasteiger partial charge on any atom is -0.462 e. The monoisotopic (exact) mass is 240 g/mol. The second kappa shape index (κ2) is 6.28. The van der Waals surface area contributed by atoms with Gasteiger partial charge in [-0.1, -0.05) is 31.2 Å². The predicted octanol–water partition coefficient (Wildman–Crippen LogP) is 2.52. The summed E-state index contributed by atoms with van der Waals surface area (Å²) in [5.41, 5.74) is 0.845. The van der Waals surface area contributed by atoms with E-state index >= 15 is 0 Å². The highest BCUT2D eigenvalue weighted by atomic mass is 35.5. The first-order chi connectivity index (χ1) is 7.65. The van der Waals surface area contributed by atoms with Gasteiger partial charge in [0.1, 0.15) is 0 Å². The van der Waals surface area contributed by atoms with Crippen molar-refractivity contribution in [3.05, 3.63) is 35.5 Å². The van der Waals surface area contributed by atoms with Crippen LogP contribution in [-0.2, 0) is 14.3 Å². The Hall–Kier alpha value is -1.35. The van der Waals surface area contributed by atoms with Gasteiger partial charge in [0, 0.05) is 17.6 Å². The molecule has 3 nitrogen and oxygen atoms in total. The van der Waals surface area contributed by atoms with Gasteiger partial charge in [-0.15, -0.1) is 0 Å². The zero-order chi connectivity index (χ0) is 12.0. The Morgan fingerprint density at radius 1 is 1.31 bits per heavy atom. The third kappa shape index (κ3) is 3.66. The van der Waals surface area contributed by atoms with Gasteiger partial charge < -0.3 is 4.74 Å². The number of rotatable bonds is 4. The summed E-state index contributed by atoms with van der Waals surface area (Å²) in [6.07, 6.45) is 7.60. The van der Waals surface area contributed by atoms with E-state index in [4.69, 9.17) is 16.3 Å². The summed E-state index contributed by atoms with van der Waals surface area (Å²) in [4.78, 5) is 22.6. The molecule has 0 spiro atoms. The van der Waals surface area contributed by atoms with E-state index in [1.165, 1.54) is 0 Å². The summed E-state index contributed by atoms with van der Waals surface area (Å²) < 4.78 is 4.99. The van der Waals surface area contributed by atoms with E-state index < -0.39 is 11.2 Å². The zero-order valence-corrected chi connectivity index (χ0v) is 9.79. The van der Waals surface area contributed by atoms with Crippen LogP contribution >= 0.6 is 11.6 Å². The van der Waals surface area contributed by atoms with Crippen molar-refractivity contribution in [3.8, 4) is 0 Å². The third-order valence-corrected chi connectivity index (χ3v) is 2.28. The van der Waals surface area contributed by atoms with Gasteiger partial charge in [0.15, 0.2) is 0 Å². The summed E-state index contributed by atoms with van der Waals surface area (Å²) in [7, 11) is 0. The van der Waals surface area contributed by atoms with E-state index in [1.807, 2.05) is 6.92 Å². The van der Waals surface area contributed by atoms with Crippen molar-refractivity contribution in [3.63, 3.8) is 0 Å². The summed E-state index contributed by atoms with van der Waals surface area (Å²) in [6.45, 7) is 2.30. The number of carbonyl (C=O) groups is 2. The van der Waals surface area contributed by atoms with E-state index in [0.29, 0.717) is 17.8 Å². The SMILES string of the molecule is CCCOC(=O)C1=CC=CC=C(C(=O)Cl)C1. The molecule has 0 bridgehead atoms. The molecule has 0 aromatic heterocycles. The molecule has 0 atom stereocenters. The molecule has 0 fully saturated rings. The van der Waals surface area contributed by atoms with E-state index in [0.717, 1.165) is 6.42 Å². The summed E-state index contributed by atoms with van der Waals surface area (Å²) in [5, 5.41) is -0.541. The molecule has 1 aliphatic carbocycles. The Kier molecular flexibility index (Phi) is 4.99. The summed E-state index contributed by atoms with van der Waals surface area (Å²) in [5.74, 6) is -0.391. The second-order valence-electron chi connectivity index (χ2n) is 3.36. The van der Waals surface area contributed by atoms with Crippen LogP contribution in [0.3, 0.4) is 0 Å². The molecule has 0 saturated carbocycles. The lowest BCUT2D eigenvalue weighted by Gasteiger charge is -2.06. The fourth-order valence-electron chi connectivity index (χ4n) is 1.23. The number of hydrogen-bond acceptors (Lipinski definition) is 3. The van der Waals surface area contributed by atoms with Gasteiger partial charge in [0.2, 0.25) is 5.24 Å². The van der Waals surface area contributed by atoms with E-state index in [-0.39, 0.29) is 6.42 Å². The highest BCUT2D eigenvalue weighted by Gasteiger charge is 2.16. The maximum Gasteiger partial charge on any atom is 0.334 e. The summed E-state index contributed by atoms with van der Waals surface area (Å²) in [6, 6.07) is 0. The van der Waals surface area contributed by atoms with Crippen LogP contribution in [0.1, 0.15) is 19.8 Å². The highest BCUT2D eigenvalue weighted by Crippen LogP contribution is 2.18. The fourth-order valence-corrected chi connectivity index (χ4v) is 1.36. The number of halogens is 1. The fraction of sp³-hybridized carbons (Fsp3) is 0.333. The Labute approximate surface area is 99.4 Å². The molecule has 0 heterocycles. The smallest absolute Gasteiger partial charge is 0.334 e. The number of ether oxygens (including phenoxy) is 1. The molecule has 0 aromatic carbocycles. The van der Waals surface area contributed by atoms with E-state index in [9.17, 15) is 9.59 Å². The second-order valence-corrected chi connectivity index (χ2v) is 3.70. The minimum absolute atomic E-state index is 0.220. The van der Waals surface area contributed by atoms with Crippen molar-refractivity contribution in [2.75, 3.05) is 6.61 Å². The highest BCUT2D eigenvalue weighted by molar-refractivity contribution is 6.67. The van der Waals surface area contributed by atoms with Crippen LogP contribution in [0.25, 0.3) is 0 Å². The molecular formula is C12H13ClO3. The molecule has 16 heavy (non-hydrogen) atoms. The Bertz CT molecular complexity index is 378. The number of hydrogen-bond donors (Lipinski definition) is 0. The van der Waals surface area contributed by atoms with E-state index in [1.54, 1.807) is 24.3 Å². The van der Waals surface area contributed by atoms with Gasteiger partial charge in [-0.25, -0.2) is 4.79 Å². The topological polar surface area (TPSA) is 43.4 Å². The largest absolute Gasteiger partial charge is 0.462 e. The predicted molar refractivity (Wildman–Crippen MR) is 62.0 cm³/mol. The lowest BCUT2D eigenvalue weighted by Crippen LogP contribution is -2.10. The van der Waals surface area contributed by atoms with Crippen LogP contribution in [-0.4, -0.2) is 17.8 Å². The lowest BCUT2D eigenvalue weighted by atomic mass is 10.1. The van der Waals surface area contributed by atoms with Gasteiger partial charge >= 0.3 is 5.97 Å². The number of esters is 1. The third-order valence-electron chi connectivity index (χ3n) is 2.04. The van der Waals surface area contributed by atoms with Gasteiger partial charge in [0.05, 0.1) is 6.61 Å². The molecule has 86 valence electrons. The van der Waals surface area contributed by atoms with Gasteiger partial charge in [-0.3, -0.25) is 4.79 Å². The number of carbonyl (C=O) groups excluding carboxylic acids is 2. The van der Waals surface area contributed by atoms with Crippen molar-refractivity contribution >= 4 is 22.8 Å². The Morgan fingerprint density at radius 2 is 1.94 bits per heavy atom. The molecular weight excluding hydrogens is 228 g/mol. The molecule has 0 N–H and O–H groups in total. The van der Waals surface area contributed by atoms with Crippen molar-refractivity contribution in [2.24, 2.45) is 0 Å². The van der Waals surface area contributed by atoms with Gasteiger partial charge in [-0.2, -0.15) is 0 Å². The Balaban J connectivity index is 2.72. The van der Waals surface area contributed by atoms with Gasteiger partial charge in [0.25, 0.3) is 0 Å². The zero-order valence-electron chi connectivity index (χ0n) is 9.03.